The molecule has 1 rings (SSSR count). The second-order valence-electron chi connectivity index (χ2n) is 2.28. The van der Waals surface area contributed by atoms with Crippen LogP contribution in [0.15, 0.2) is 0 Å². The van der Waals surface area contributed by atoms with Gasteiger partial charge in [-0.3, -0.25) is 0 Å². The summed E-state index contributed by atoms with van der Waals surface area (Å²) in [6.45, 7) is 0. The van der Waals surface area contributed by atoms with Gasteiger partial charge in [-0.2, -0.15) is 12.6 Å². The van der Waals surface area contributed by atoms with Gasteiger partial charge >= 0.3 is 10.0 Å². The summed E-state index contributed by atoms with van der Waals surface area (Å²) >= 11 is 4.18. The van der Waals surface area contributed by atoms with Crippen LogP contribution in [0.3, 0.4) is 0 Å². The van der Waals surface area contributed by atoms with Gasteiger partial charge in [-0.05, 0) is 12.8 Å². The van der Waals surface area contributed by atoms with Crippen molar-refractivity contribution in [3.05, 3.63) is 0 Å². The van der Waals surface area contributed by atoms with Gasteiger partial charge in [0.15, 0.2) is 0 Å². The van der Waals surface area contributed by atoms with E-state index in [9.17, 15) is 0 Å². The van der Waals surface area contributed by atoms with Crippen molar-refractivity contribution in [2.24, 2.45) is 0 Å². The smallest absolute Gasteiger partial charge is 0.303 e. The fourth-order valence-electron chi connectivity index (χ4n) is 0.505. The summed E-state index contributed by atoms with van der Waals surface area (Å²) in [5, 5.41) is 0.759. The van der Waals surface area contributed by atoms with E-state index in [0.717, 1.165) is 5.25 Å². The van der Waals surface area contributed by atoms with Crippen LogP contribution in [0.4, 0.5) is 0 Å². The van der Waals surface area contributed by atoms with E-state index in [1.807, 2.05) is 0 Å². The van der Waals surface area contributed by atoms with Crippen molar-refractivity contribution in [1.29, 1.82) is 0 Å². The van der Waals surface area contributed by atoms with Gasteiger partial charge in [0.25, 0.3) is 0 Å². The highest BCUT2D eigenvalue weighted by Gasteiger charge is 2.10. The highest BCUT2D eigenvalue weighted by Crippen LogP contribution is 2.22. The fourth-order valence-corrected chi connectivity index (χ4v) is 1.11. The Morgan fingerprint density at radius 1 is 1.30 bits per heavy atom. The van der Waals surface area contributed by atoms with Gasteiger partial charge in [0.2, 0.25) is 0 Å². The van der Waals surface area contributed by atoms with E-state index in [1.54, 1.807) is 14.2 Å². The molecule has 1 aliphatic rings. The maximum Gasteiger partial charge on any atom is 0.303 e. The minimum Gasteiger partial charge on any atom is -0.402 e. The second kappa shape index (κ2) is 7.59. The molecule has 0 aliphatic heterocycles. The predicted molar refractivity (Wildman–Crippen MR) is 49.2 cm³/mol. The molecule has 0 aromatic rings. The SMILES string of the molecule is CO[SiH2]OC.SC1CCC1. The molecule has 0 N–H and O–H groups in total. The number of hydrogen-bond acceptors (Lipinski definition) is 3. The average molecular weight is 180 g/mol. The minimum atomic E-state index is -0.568. The van der Waals surface area contributed by atoms with Crippen molar-refractivity contribution in [3.63, 3.8) is 0 Å². The van der Waals surface area contributed by atoms with Crippen molar-refractivity contribution in [2.75, 3.05) is 14.2 Å². The zero-order valence-corrected chi connectivity index (χ0v) is 8.98. The van der Waals surface area contributed by atoms with E-state index in [2.05, 4.69) is 21.5 Å². The molecule has 1 fully saturated rings. The highest BCUT2D eigenvalue weighted by molar-refractivity contribution is 7.81. The van der Waals surface area contributed by atoms with Crippen LogP contribution in [0.5, 0.6) is 0 Å². The van der Waals surface area contributed by atoms with E-state index in [0.29, 0.717) is 0 Å². The third-order valence-electron chi connectivity index (χ3n) is 1.31. The van der Waals surface area contributed by atoms with Crippen LogP contribution in [0.25, 0.3) is 0 Å². The van der Waals surface area contributed by atoms with Gasteiger partial charge in [-0.1, -0.05) is 6.42 Å². The Bertz CT molecular complexity index is 66.8. The van der Waals surface area contributed by atoms with Crippen LogP contribution in [0.2, 0.25) is 0 Å². The molecule has 1 saturated carbocycles. The lowest BCUT2D eigenvalue weighted by atomic mass is 10.0. The lowest BCUT2D eigenvalue weighted by molar-refractivity contribution is 0.309. The van der Waals surface area contributed by atoms with E-state index in [1.165, 1.54) is 19.3 Å². The van der Waals surface area contributed by atoms with Crippen LogP contribution >= 0.6 is 12.6 Å². The largest absolute Gasteiger partial charge is 0.402 e. The van der Waals surface area contributed by atoms with Gasteiger partial charge in [-0.15, -0.1) is 0 Å². The first-order chi connectivity index (χ1) is 4.81. The Labute approximate surface area is 70.8 Å². The summed E-state index contributed by atoms with van der Waals surface area (Å²) in [6, 6.07) is 0. The molecule has 0 unspecified atom stereocenters. The molecular formula is C6H16O2SSi. The Kier molecular flexibility index (Phi) is 7.96. The van der Waals surface area contributed by atoms with Crippen LogP contribution < -0.4 is 0 Å². The number of hydrogen-bond donors (Lipinski definition) is 1. The predicted octanol–water partition coefficient (Wildman–Crippen LogP) is 0.747. The van der Waals surface area contributed by atoms with Gasteiger partial charge in [0.05, 0.1) is 0 Å². The minimum absolute atomic E-state index is 0.568. The maximum absolute atomic E-state index is 4.61. The molecule has 62 valence electrons. The Hall–Kier alpha value is 0.487. The van der Waals surface area contributed by atoms with Crippen LogP contribution in [0, 0.1) is 0 Å². The normalized spacial score (nSPS) is 17.1. The molecular weight excluding hydrogens is 164 g/mol. The summed E-state index contributed by atoms with van der Waals surface area (Å²) in [5.74, 6) is 0. The van der Waals surface area contributed by atoms with Crippen molar-refractivity contribution >= 4 is 22.6 Å². The maximum atomic E-state index is 4.61. The molecule has 0 atom stereocenters. The van der Waals surface area contributed by atoms with Crippen molar-refractivity contribution in [1.82, 2.24) is 0 Å². The zero-order chi connectivity index (χ0) is 7.82. The summed E-state index contributed by atoms with van der Waals surface area (Å²) in [6.07, 6.45) is 4.11. The van der Waals surface area contributed by atoms with E-state index >= 15 is 0 Å². The highest BCUT2D eigenvalue weighted by atomic mass is 32.1. The first-order valence-corrected chi connectivity index (χ1v) is 5.14. The molecule has 2 nitrogen and oxygen atoms in total. The Morgan fingerprint density at radius 2 is 1.70 bits per heavy atom. The number of rotatable bonds is 2. The first-order valence-electron chi connectivity index (χ1n) is 3.47. The zero-order valence-electron chi connectivity index (χ0n) is 6.67. The lowest BCUT2D eigenvalue weighted by Crippen LogP contribution is -2.08. The van der Waals surface area contributed by atoms with Gasteiger partial charge in [-0.25, -0.2) is 0 Å². The summed E-state index contributed by atoms with van der Waals surface area (Å²) in [4.78, 5) is 0. The molecule has 0 aromatic heterocycles. The molecule has 0 saturated heterocycles. The molecule has 0 amide bonds. The third kappa shape index (κ3) is 6.60. The van der Waals surface area contributed by atoms with Crippen LogP contribution in [-0.4, -0.2) is 29.5 Å². The average Bonchev–Trinajstić information content (AvgIpc) is 1.87. The van der Waals surface area contributed by atoms with Gasteiger partial charge in [0.1, 0.15) is 0 Å². The summed E-state index contributed by atoms with van der Waals surface area (Å²) in [7, 11) is 2.73. The van der Waals surface area contributed by atoms with Crippen molar-refractivity contribution in [2.45, 2.75) is 24.5 Å². The number of thiol groups is 1. The quantitative estimate of drug-likeness (QED) is 0.499. The third-order valence-corrected chi connectivity index (χ3v) is 2.30. The Balaban J connectivity index is 0.000000162. The molecule has 0 bridgehead atoms. The Morgan fingerprint density at radius 3 is 1.70 bits per heavy atom. The van der Waals surface area contributed by atoms with Crippen molar-refractivity contribution < 1.29 is 8.85 Å². The molecule has 0 aromatic carbocycles. The topological polar surface area (TPSA) is 18.5 Å². The lowest BCUT2D eigenvalue weighted by Gasteiger charge is -2.17. The van der Waals surface area contributed by atoms with Gasteiger partial charge < -0.3 is 8.85 Å². The summed E-state index contributed by atoms with van der Waals surface area (Å²) < 4.78 is 9.22. The fraction of sp³-hybridized carbons (Fsp3) is 1.00. The monoisotopic (exact) mass is 180 g/mol. The van der Waals surface area contributed by atoms with E-state index in [4.69, 9.17) is 0 Å². The molecule has 10 heavy (non-hydrogen) atoms. The van der Waals surface area contributed by atoms with E-state index < -0.39 is 10.0 Å². The molecule has 4 heteroatoms. The van der Waals surface area contributed by atoms with E-state index in [-0.39, 0.29) is 0 Å². The van der Waals surface area contributed by atoms with Crippen molar-refractivity contribution in [3.8, 4) is 0 Å². The van der Waals surface area contributed by atoms with Gasteiger partial charge in [0, 0.05) is 19.5 Å². The molecule has 0 spiro atoms. The molecule has 0 heterocycles. The second-order valence-corrected chi connectivity index (χ2v) is 4.40. The molecule has 0 radical (unpaired) electrons. The van der Waals surface area contributed by atoms with Crippen LogP contribution in [-0.2, 0) is 8.85 Å². The summed E-state index contributed by atoms with van der Waals surface area (Å²) in [5.41, 5.74) is 0. The standard InChI is InChI=1S/C4H8S.C2H8O2Si/c5-4-2-1-3-4;1-3-5-4-2/h4-5H,1-3H2;5H2,1-2H3. The van der Waals surface area contributed by atoms with Crippen LogP contribution in [0.1, 0.15) is 19.3 Å². The molecule has 1 aliphatic carbocycles. The first kappa shape index (κ1) is 10.5.